The fourth-order valence-corrected chi connectivity index (χ4v) is 4.47. The number of nitro groups is 1. The van der Waals surface area contributed by atoms with Crippen molar-refractivity contribution >= 4 is 32.7 Å². The summed E-state index contributed by atoms with van der Waals surface area (Å²) in [5.74, 6) is -0.511. The van der Waals surface area contributed by atoms with Gasteiger partial charge in [0.15, 0.2) is 5.58 Å². The van der Waals surface area contributed by atoms with Crippen molar-refractivity contribution in [2.75, 3.05) is 18.8 Å². The smallest absolute Gasteiger partial charge is 0.410 e. The monoisotopic (exact) mass is 411 g/mol. The third-order valence-electron chi connectivity index (χ3n) is 4.22. The zero-order valence-corrected chi connectivity index (χ0v) is 16.6. The summed E-state index contributed by atoms with van der Waals surface area (Å²) in [5.41, 5.74) is -0.559. The van der Waals surface area contributed by atoms with Gasteiger partial charge in [0.05, 0.1) is 10.7 Å². The summed E-state index contributed by atoms with van der Waals surface area (Å²) < 4.78 is 35.9. The van der Waals surface area contributed by atoms with Gasteiger partial charge >= 0.3 is 11.3 Å². The number of nitro benzene ring substituents is 1. The number of hydrogen-bond acceptors (Lipinski definition) is 8. The fourth-order valence-electron chi connectivity index (χ4n) is 2.98. The van der Waals surface area contributed by atoms with Crippen molar-refractivity contribution in [2.45, 2.75) is 38.0 Å². The van der Waals surface area contributed by atoms with E-state index < -0.39 is 31.7 Å². The minimum absolute atomic E-state index is 0.106. The SMILES string of the molecule is CC(C)(C)OC(=O)N1CC[C@H](CS(=O)(=O)c2nc3cc([N+](=O)[O-])ccc3o2)C1. The molecule has 3 rings (SSSR count). The van der Waals surface area contributed by atoms with E-state index in [1.165, 1.54) is 17.0 Å². The minimum atomic E-state index is -3.85. The number of nitrogens with zero attached hydrogens (tertiary/aromatic N) is 3. The van der Waals surface area contributed by atoms with E-state index in [0.29, 0.717) is 13.0 Å². The van der Waals surface area contributed by atoms with Crippen LogP contribution in [-0.4, -0.2) is 53.8 Å². The van der Waals surface area contributed by atoms with Crippen LogP contribution in [0.1, 0.15) is 27.2 Å². The van der Waals surface area contributed by atoms with Gasteiger partial charge in [-0.25, -0.2) is 13.2 Å². The largest absolute Gasteiger partial charge is 0.444 e. The second-order valence-electron chi connectivity index (χ2n) is 7.75. The summed E-state index contributed by atoms with van der Waals surface area (Å²) in [6.45, 7) is 5.97. The maximum Gasteiger partial charge on any atom is 0.410 e. The molecule has 0 bridgehead atoms. The molecule has 28 heavy (non-hydrogen) atoms. The van der Waals surface area contributed by atoms with Crippen LogP contribution in [-0.2, 0) is 14.6 Å². The Morgan fingerprint density at radius 3 is 2.79 bits per heavy atom. The first-order valence-corrected chi connectivity index (χ1v) is 10.4. The van der Waals surface area contributed by atoms with Crippen molar-refractivity contribution < 1.29 is 27.3 Å². The summed E-state index contributed by atoms with van der Waals surface area (Å²) >= 11 is 0. The molecule has 1 fully saturated rings. The standard InChI is InChI=1S/C17H21N3O7S/c1-17(2,3)27-16(21)19-7-6-11(9-19)10-28(24,25)15-18-13-8-12(20(22)23)4-5-14(13)26-15/h4-5,8,11H,6-7,9-10H2,1-3H3/t11-/m0/s1. The van der Waals surface area contributed by atoms with Gasteiger partial charge in [0, 0.05) is 25.2 Å². The second-order valence-corrected chi connectivity index (χ2v) is 9.66. The van der Waals surface area contributed by atoms with E-state index in [1.807, 2.05) is 0 Å². The second kappa shape index (κ2) is 7.04. The van der Waals surface area contributed by atoms with E-state index in [0.717, 1.165) is 6.07 Å². The maximum absolute atomic E-state index is 12.7. The van der Waals surface area contributed by atoms with Gasteiger partial charge in [0.2, 0.25) is 9.84 Å². The number of amides is 1. The van der Waals surface area contributed by atoms with Crippen LogP contribution in [0.15, 0.2) is 27.8 Å². The number of benzene rings is 1. The highest BCUT2D eigenvalue weighted by molar-refractivity contribution is 7.91. The van der Waals surface area contributed by atoms with E-state index in [-0.39, 0.29) is 35.0 Å². The van der Waals surface area contributed by atoms with Crippen LogP contribution >= 0.6 is 0 Å². The molecular formula is C17H21N3O7S. The molecular weight excluding hydrogens is 390 g/mol. The predicted octanol–water partition coefficient (Wildman–Crippen LogP) is 2.77. The third-order valence-corrected chi connectivity index (χ3v) is 5.84. The number of hydrogen-bond donors (Lipinski definition) is 0. The van der Waals surface area contributed by atoms with Gasteiger partial charge in [-0.1, -0.05) is 0 Å². The number of carbonyl (C=O) groups excluding carboxylic acids is 1. The van der Waals surface area contributed by atoms with Crippen LogP contribution in [0.2, 0.25) is 0 Å². The molecule has 1 atom stereocenters. The Balaban J connectivity index is 1.71. The van der Waals surface area contributed by atoms with Crippen LogP contribution in [0, 0.1) is 16.0 Å². The van der Waals surface area contributed by atoms with Crippen LogP contribution in [0.3, 0.4) is 0 Å². The lowest BCUT2D eigenvalue weighted by atomic mass is 10.2. The lowest BCUT2D eigenvalue weighted by Gasteiger charge is -2.24. The number of oxazole rings is 1. The molecule has 0 saturated carbocycles. The minimum Gasteiger partial charge on any atom is -0.444 e. The van der Waals surface area contributed by atoms with Crippen LogP contribution in [0.4, 0.5) is 10.5 Å². The van der Waals surface area contributed by atoms with Crippen LogP contribution in [0.25, 0.3) is 11.1 Å². The summed E-state index contributed by atoms with van der Waals surface area (Å²) in [6, 6.07) is 3.70. The number of carbonyl (C=O) groups is 1. The quantitative estimate of drug-likeness (QED) is 0.554. The van der Waals surface area contributed by atoms with Gasteiger partial charge in [-0.2, -0.15) is 4.98 Å². The average Bonchev–Trinajstić information content (AvgIpc) is 3.18. The first-order valence-electron chi connectivity index (χ1n) is 8.70. The summed E-state index contributed by atoms with van der Waals surface area (Å²) in [5, 5.41) is 10.4. The molecule has 0 aliphatic carbocycles. The molecule has 0 N–H and O–H groups in total. The third kappa shape index (κ3) is 4.41. The summed E-state index contributed by atoms with van der Waals surface area (Å²) in [6.07, 6.45) is 0.0473. The molecule has 1 aliphatic heterocycles. The van der Waals surface area contributed by atoms with Gasteiger partial charge in [0.1, 0.15) is 11.1 Å². The maximum atomic E-state index is 12.7. The van der Waals surface area contributed by atoms with Crippen LogP contribution in [0.5, 0.6) is 0 Å². The van der Waals surface area contributed by atoms with Gasteiger partial charge in [0.25, 0.3) is 5.69 Å². The molecule has 1 saturated heterocycles. The fraction of sp³-hybridized carbons (Fsp3) is 0.529. The van der Waals surface area contributed by atoms with Crippen LogP contribution < -0.4 is 0 Å². The number of ether oxygens (including phenoxy) is 1. The van der Waals surface area contributed by atoms with Crippen molar-refractivity contribution in [1.82, 2.24) is 9.88 Å². The van der Waals surface area contributed by atoms with E-state index in [2.05, 4.69) is 4.98 Å². The van der Waals surface area contributed by atoms with E-state index in [4.69, 9.17) is 9.15 Å². The molecule has 0 spiro atoms. The number of rotatable bonds is 4. The van der Waals surface area contributed by atoms with Crippen molar-refractivity contribution in [3.8, 4) is 0 Å². The van der Waals surface area contributed by atoms with Gasteiger partial charge in [-0.3, -0.25) is 10.1 Å². The Labute approximate surface area is 161 Å². The lowest BCUT2D eigenvalue weighted by molar-refractivity contribution is -0.384. The molecule has 0 radical (unpaired) electrons. The van der Waals surface area contributed by atoms with E-state index >= 15 is 0 Å². The highest BCUT2D eigenvalue weighted by Gasteiger charge is 2.34. The zero-order chi connectivity index (χ0) is 20.7. The Bertz CT molecular complexity index is 1020. The predicted molar refractivity (Wildman–Crippen MR) is 98.6 cm³/mol. The molecule has 152 valence electrons. The molecule has 1 aromatic heterocycles. The van der Waals surface area contributed by atoms with Crippen molar-refractivity contribution in [3.63, 3.8) is 0 Å². The molecule has 0 unspecified atom stereocenters. The number of fused-ring (bicyclic) bond motifs is 1. The molecule has 1 aromatic carbocycles. The molecule has 11 heteroatoms. The highest BCUT2D eigenvalue weighted by Crippen LogP contribution is 2.27. The lowest BCUT2D eigenvalue weighted by Crippen LogP contribution is -2.35. The Kier molecular flexibility index (Phi) is 5.04. The average molecular weight is 411 g/mol. The molecule has 1 amide bonds. The van der Waals surface area contributed by atoms with E-state index in [9.17, 15) is 23.3 Å². The highest BCUT2D eigenvalue weighted by atomic mass is 32.2. The number of non-ortho nitro benzene ring substituents is 1. The first kappa shape index (κ1) is 20.1. The molecule has 1 aliphatic rings. The number of aromatic nitrogens is 1. The van der Waals surface area contributed by atoms with Crippen molar-refractivity contribution in [3.05, 3.63) is 28.3 Å². The van der Waals surface area contributed by atoms with Gasteiger partial charge < -0.3 is 14.1 Å². The molecule has 10 nitrogen and oxygen atoms in total. The summed E-state index contributed by atoms with van der Waals surface area (Å²) in [4.78, 5) is 27.8. The van der Waals surface area contributed by atoms with Gasteiger partial charge in [-0.15, -0.1) is 0 Å². The van der Waals surface area contributed by atoms with Crippen molar-refractivity contribution in [2.24, 2.45) is 5.92 Å². The Hall–Kier alpha value is -2.69. The number of sulfone groups is 1. The molecule has 2 heterocycles. The Morgan fingerprint density at radius 1 is 1.43 bits per heavy atom. The van der Waals surface area contributed by atoms with E-state index in [1.54, 1.807) is 20.8 Å². The topological polar surface area (TPSA) is 133 Å². The Morgan fingerprint density at radius 2 is 2.14 bits per heavy atom. The van der Waals surface area contributed by atoms with Gasteiger partial charge in [-0.05, 0) is 39.2 Å². The number of likely N-dealkylation sites (tertiary alicyclic amines) is 1. The summed E-state index contributed by atoms with van der Waals surface area (Å²) in [7, 11) is -3.85. The first-order chi connectivity index (χ1) is 12.9. The molecule has 2 aromatic rings. The van der Waals surface area contributed by atoms with Crippen molar-refractivity contribution in [1.29, 1.82) is 0 Å². The normalized spacial score (nSPS) is 17.8. The zero-order valence-electron chi connectivity index (χ0n) is 15.7.